The van der Waals surface area contributed by atoms with Crippen molar-refractivity contribution >= 4 is 23.0 Å². The largest absolute Gasteiger partial charge is 0.387 e. The zero-order valence-corrected chi connectivity index (χ0v) is 21.0. The van der Waals surface area contributed by atoms with Crippen LogP contribution in [0.15, 0.2) is 36.7 Å². The summed E-state index contributed by atoms with van der Waals surface area (Å²) in [4.78, 5) is 31.2. The zero-order valence-electron chi connectivity index (χ0n) is 21.0. The maximum atomic E-state index is 14.3. The van der Waals surface area contributed by atoms with E-state index >= 15 is 0 Å². The zero-order chi connectivity index (χ0) is 26.7. The molecule has 194 valence electrons. The van der Waals surface area contributed by atoms with E-state index in [1.165, 1.54) is 33.2 Å². The average Bonchev–Trinajstić information content (AvgIpc) is 3.29. The number of aromatic nitrogens is 3. The molecule has 2 atom stereocenters. The summed E-state index contributed by atoms with van der Waals surface area (Å²) in [6, 6.07) is 9.06. The smallest absolute Gasteiger partial charge is 0.255 e. The van der Waals surface area contributed by atoms with Gasteiger partial charge in [-0.15, -0.1) is 0 Å². The van der Waals surface area contributed by atoms with Crippen molar-refractivity contribution in [1.29, 1.82) is 5.26 Å². The Hall–Kier alpha value is -4.04. The van der Waals surface area contributed by atoms with E-state index in [0.29, 0.717) is 35.7 Å². The standard InChI is InChI=1S/C26H30FN7O3/c1-16(35)33-8-4-5-18(15-33)32-21-10-22(23-7-6-19-9-17(11-28)12-31-34(19)23)29-13-20(21)25(36)30-14-24(27)26(2,3)37/h6-7,9-10,12-13,18,24,37H,4-5,8,14-15H2,1-3H3,(H,29,32)(H,30,36)/t18-,24?/m0/s1. The van der Waals surface area contributed by atoms with Crippen LogP contribution in [-0.2, 0) is 4.79 Å². The first-order chi connectivity index (χ1) is 17.6. The molecule has 1 aliphatic heterocycles. The fraction of sp³-hybridized carbons (Fsp3) is 0.423. The summed E-state index contributed by atoms with van der Waals surface area (Å²) in [7, 11) is 0. The van der Waals surface area contributed by atoms with E-state index in [-0.39, 0.29) is 24.1 Å². The van der Waals surface area contributed by atoms with E-state index in [9.17, 15) is 19.1 Å². The van der Waals surface area contributed by atoms with Crippen LogP contribution >= 0.6 is 0 Å². The van der Waals surface area contributed by atoms with E-state index in [4.69, 9.17) is 5.26 Å². The van der Waals surface area contributed by atoms with E-state index < -0.39 is 17.7 Å². The van der Waals surface area contributed by atoms with Crippen molar-refractivity contribution in [3.05, 3.63) is 47.8 Å². The van der Waals surface area contributed by atoms with Gasteiger partial charge in [0.15, 0.2) is 0 Å². The molecule has 3 N–H and O–H groups in total. The number of hydrogen-bond acceptors (Lipinski definition) is 7. The highest BCUT2D eigenvalue weighted by molar-refractivity contribution is 6.00. The van der Waals surface area contributed by atoms with Crippen LogP contribution in [-0.4, -0.2) is 73.9 Å². The number of likely N-dealkylation sites (tertiary alicyclic amines) is 1. The molecule has 0 aliphatic carbocycles. The van der Waals surface area contributed by atoms with Crippen molar-refractivity contribution in [3.8, 4) is 17.5 Å². The third-order valence-electron chi connectivity index (χ3n) is 6.48. The fourth-order valence-electron chi connectivity index (χ4n) is 4.28. The minimum atomic E-state index is -1.65. The Labute approximate surface area is 214 Å². The van der Waals surface area contributed by atoms with Gasteiger partial charge in [-0.25, -0.2) is 8.91 Å². The second kappa shape index (κ2) is 10.5. The number of hydrogen-bond donors (Lipinski definition) is 3. The number of fused-ring (bicyclic) bond motifs is 1. The predicted octanol–water partition coefficient (Wildman–Crippen LogP) is 2.53. The first-order valence-corrected chi connectivity index (χ1v) is 12.1. The highest BCUT2D eigenvalue weighted by atomic mass is 19.1. The highest BCUT2D eigenvalue weighted by Crippen LogP contribution is 2.27. The molecule has 1 unspecified atom stereocenters. The van der Waals surface area contributed by atoms with E-state index in [0.717, 1.165) is 18.4 Å². The Morgan fingerprint density at radius 1 is 1.32 bits per heavy atom. The maximum Gasteiger partial charge on any atom is 0.255 e. The molecule has 37 heavy (non-hydrogen) atoms. The summed E-state index contributed by atoms with van der Waals surface area (Å²) in [6.07, 6.45) is 2.85. The second-order valence-electron chi connectivity index (χ2n) is 9.81. The molecule has 1 saturated heterocycles. The molecule has 1 fully saturated rings. The molecular weight excluding hydrogens is 477 g/mol. The van der Waals surface area contributed by atoms with Crippen LogP contribution in [0.5, 0.6) is 0 Å². The van der Waals surface area contributed by atoms with Crippen molar-refractivity contribution < 1.29 is 19.1 Å². The number of pyridine rings is 1. The number of aliphatic hydroxyl groups is 1. The Balaban J connectivity index is 1.67. The molecule has 3 aromatic rings. The van der Waals surface area contributed by atoms with Gasteiger partial charge in [-0.3, -0.25) is 14.6 Å². The third kappa shape index (κ3) is 5.86. The van der Waals surface area contributed by atoms with Crippen molar-refractivity contribution in [2.45, 2.75) is 51.4 Å². The first-order valence-electron chi connectivity index (χ1n) is 12.1. The lowest BCUT2D eigenvalue weighted by molar-refractivity contribution is -0.129. The number of rotatable bonds is 7. The Morgan fingerprint density at radius 3 is 2.81 bits per heavy atom. The van der Waals surface area contributed by atoms with Gasteiger partial charge in [0.25, 0.3) is 5.91 Å². The normalized spacial score (nSPS) is 16.8. The maximum absolute atomic E-state index is 14.3. The lowest BCUT2D eigenvalue weighted by Gasteiger charge is -2.33. The number of nitrogens with one attached hydrogen (secondary N) is 2. The molecular formula is C26H30FN7O3. The van der Waals surface area contributed by atoms with Gasteiger partial charge in [0.2, 0.25) is 5.91 Å². The lowest BCUT2D eigenvalue weighted by Crippen LogP contribution is -2.44. The van der Waals surface area contributed by atoms with Crippen LogP contribution in [0.2, 0.25) is 0 Å². The molecule has 0 bridgehead atoms. The van der Waals surface area contributed by atoms with Crippen LogP contribution in [0.3, 0.4) is 0 Å². The van der Waals surface area contributed by atoms with Crippen LogP contribution in [0.25, 0.3) is 16.9 Å². The number of halogens is 1. The van der Waals surface area contributed by atoms with Crippen LogP contribution in [0, 0.1) is 11.3 Å². The number of amides is 2. The van der Waals surface area contributed by atoms with Crippen molar-refractivity contribution in [1.82, 2.24) is 24.8 Å². The van der Waals surface area contributed by atoms with Gasteiger partial charge >= 0.3 is 0 Å². The van der Waals surface area contributed by atoms with Crippen molar-refractivity contribution in [2.24, 2.45) is 0 Å². The molecule has 0 radical (unpaired) electrons. The Bertz CT molecular complexity index is 1360. The lowest BCUT2D eigenvalue weighted by atomic mass is 10.0. The van der Waals surface area contributed by atoms with E-state index in [2.05, 4.69) is 26.8 Å². The Morgan fingerprint density at radius 2 is 2.11 bits per heavy atom. The number of piperidine rings is 1. The third-order valence-corrected chi connectivity index (χ3v) is 6.48. The van der Waals surface area contributed by atoms with Crippen LogP contribution in [0.4, 0.5) is 10.1 Å². The van der Waals surface area contributed by atoms with E-state index in [1.54, 1.807) is 21.5 Å². The second-order valence-corrected chi connectivity index (χ2v) is 9.81. The van der Waals surface area contributed by atoms with Gasteiger partial charge in [-0.05, 0) is 51.0 Å². The predicted molar refractivity (Wildman–Crippen MR) is 136 cm³/mol. The number of nitrogens with zero attached hydrogens (tertiary/aromatic N) is 5. The number of anilines is 1. The number of alkyl halides is 1. The molecule has 10 nitrogen and oxygen atoms in total. The van der Waals surface area contributed by atoms with Crippen LogP contribution in [0.1, 0.15) is 49.5 Å². The van der Waals surface area contributed by atoms with Crippen LogP contribution < -0.4 is 10.6 Å². The Kier molecular flexibility index (Phi) is 7.40. The average molecular weight is 508 g/mol. The number of nitriles is 1. The molecule has 0 aromatic carbocycles. The molecule has 0 saturated carbocycles. The summed E-state index contributed by atoms with van der Waals surface area (Å²) >= 11 is 0. The summed E-state index contributed by atoms with van der Waals surface area (Å²) in [5.41, 5.74) is 1.46. The number of carbonyl (C=O) groups excluding carboxylic acids is 2. The summed E-state index contributed by atoms with van der Waals surface area (Å²) in [5.74, 6) is -0.549. The van der Waals surface area contributed by atoms with Crippen molar-refractivity contribution in [2.75, 3.05) is 25.0 Å². The molecule has 4 rings (SSSR count). The van der Waals surface area contributed by atoms with Gasteiger partial charge in [0.1, 0.15) is 12.2 Å². The summed E-state index contributed by atoms with van der Waals surface area (Å²) in [6.45, 7) is 5.03. The highest BCUT2D eigenvalue weighted by Gasteiger charge is 2.28. The molecule has 1 aliphatic rings. The summed E-state index contributed by atoms with van der Waals surface area (Å²) < 4.78 is 15.9. The molecule has 3 aromatic heterocycles. The minimum absolute atomic E-state index is 0.0112. The van der Waals surface area contributed by atoms with Gasteiger partial charge in [-0.2, -0.15) is 10.4 Å². The quantitative estimate of drug-likeness (QED) is 0.447. The molecule has 11 heteroatoms. The fourth-order valence-corrected chi connectivity index (χ4v) is 4.28. The van der Waals surface area contributed by atoms with Gasteiger partial charge in [-0.1, -0.05) is 0 Å². The minimum Gasteiger partial charge on any atom is -0.387 e. The van der Waals surface area contributed by atoms with E-state index in [1.807, 2.05) is 12.1 Å². The topological polar surface area (TPSA) is 136 Å². The molecule has 0 spiro atoms. The van der Waals surface area contributed by atoms with Gasteiger partial charge in [0.05, 0.1) is 52.1 Å². The molecule has 4 heterocycles. The SMILES string of the molecule is CC(=O)N1CCC[C@H](Nc2cc(-c3ccc4cc(C#N)cnn34)ncc2C(=O)NCC(F)C(C)(C)O)C1. The summed E-state index contributed by atoms with van der Waals surface area (Å²) in [5, 5.41) is 29.3. The van der Waals surface area contributed by atoms with Gasteiger partial charge < -0.3 is 20.6 Å². The van der Waals surface area contributed by atoms with Crippen molar-refractivity contribution in [3.63, 3.8) is 0 Å². The molecule has 2 amide bonds. The van der Waals surface area contributed by atoms with Gasteiger partial charge in [0, 0.05) is 32.3 Å². The first kappa shape index (κ1) is 26.0. The number of carbonyl (C=O) groups is 2. The monoisotopic (exact) mass is 507 g/mol.